The Kier molecular flexibility index (Phi) is 6.02. The topological polar surface area (TPSA) is 75.6 Å². The van der Waals surface area contributed by atoms with Gasteiger partial charge in [-0.25, -0.2) is 0 Å². The molecule has 1 aromatic rings. The Labute approximate surface area is 137 Å². The number of carboxylic acid groups (broad SMARTS) is 1. The molecule has 0 aromatic heterocycles. The van der Waals surface area contributed by atoms with E-state index in [1.54, 1.807) is 0 Å². The van der Waals surface area contributed by atoms with Gasteiger partial charge in [0.15, 0.2) is 5.78 Å². The summed E-state index contributed by atoms with van der Waals surface area (Å²) >= 11 is 0. The van der Waals surface area contributed by atoms with Crippen molar-refractivity contribution in [3.8, 4) is 5.75 Å². The molecule has 0 aliphatic carbocycles. The van der Waals surface area contributed by atoms with E-state index in [4.69, 9.17) is 9.84 Å². The fourth-order valence-electron chi connectivity index (χ4n) is 2.76. The van der Waals surface area contributed by atoms with Crippen molar-refractivity contribution in [1.29, 1.82) is 0 Å². The van der Waals surface area contributed by atoms with Gasteiger partial charge in [-0.1, -0.05) is 19.8 Å². The van der Waals surface area contributed by atoms with Crippen LogP contribution in [-0.2, 0) is 11.2 Å². The van der Waals surface area contributed by atoms with Crippen molar-refractivity contribution in [3.63, 3.8) is 0 Å². The summed E-state index contributed by atoms with van der Waals surface area (Å²) < 4.78 is 5.84. The number of fused-ring (bicyclic) bond motifs is 1. The second kappa shape index (κ2) is 7.99. The number of benzene rings is 1. The van der Waals surface area contributed by atoms with Gasteiger partial charge >= 0.3 is 5.97 Å². The van der Waals surface area contributed by atoms with E-state index in [1.165, 1.54) is 0 Å². The summed E-state index contributed by atoms with van der Waals surface area (Å²) in [5.74, 6) is -0.272. The van der Waals surface area contributed by atoms with Crippen molar-refractivity contribution in [1.82, 2.24) is 0 Å². The average molecular weight is 319 g/mol. The minimum atomic E-state index is -0.945. The van der Waals surface area contributed by atoms with E-state index < -0.39 is 5.97 Å². The number of aliphatic carboxylic acids is 1. The van der Waals surface area contributed by atoms with Crippen molar-refractivity contribution >= 4 is 17.4 Å². The number of carbonyl (C=O) groups excluding carboxylic acids is 1. The number of ketones is 1. The van der Waals surface area contributed by atoms with E-state index in [-0.39, 0.29) is 24.7 Å². The van der Waals surface area contributed by atoms with Gasteiger partial charge < -0.3 is 15.2 Å². The lowest BCUT2D eigenvalue weighted by atomic mass is 9.95. The molecule has 0 radical (unpaired) electrons. The third-order valence-electron chi connectivity index (χ3n) is 4.03. The van der Waals surface area contributed by atoms with Gasteiger partial charge in [0.05, 0.1) is 18.7 Å². The highest BCUT2D eigenvalue weighted by Gasteiger charge is 2.21. The number of carbonyl (C=O) groups is 2. The summed E-state index contributed by atoms with van der Waals surface area (Å²) in [6.45, 7) is 4.84. The summed E-state index contributed by atoms with van der Waals surface area (Å²) in [4.78, 5) is 23.1. The fourth-order valence-corrected chi connectivity index (χ4v) is 2.76. The molecule has 0 bridgehead atoms. The third-order valence-corrected chi connectivity index (χ3v) is 4.03. The largest absolute Gasteiger partial charge is 0.487 e. The van der Waals surface area contributed by atoms with Crippen LogP contribution in [-0.4, -0.2) is 29.5 Å². The van der Waals surface area contributed by atoms with Crippen LogP contribution in [0.5, 0.6) is 5.75 Å². The Morgan fingerprint density at radius 1 is 1.30 bits per heavy atom. The maximum absolute atomic E-state index is 12.4. The molecule has 1 heterocycles. The van der Waals surface area contributed by atoms with E-state index in [0.29, 0.717) is 12.1 Å². The van der Waals surface area contributed by atoms with Crippen LogP contribution in [0.3, 0.4) is 0 Å². The van der Waals surface area contributed by atoms with Crippen molar-refractivity contribution in [2.24, 2.45) is 0 Å². The number of nitrogens with one attached hydrogen (secondary N) is 1. The molecule has 1 atom stereocenters. The molecule has 126 valence electrons. The number of anilines is 1. The smallest absolute Gasteiger partial charge is 0.303 e. The first kappa shape index (κ1) is 17.3. The SMILES string of the molecule is CCCCCc1cc2c(cc1C(=O)CCC(=O)O)NCC(C)O2. The average Bonchev–Trinajstić information content (AvgIpc) is 2.52. The standard InChI is InChI=1S/C18H25NO4/c1-3-4-5-6-13-9-17-15(19-11-12(2)23-17)10-14(13)16(20)7-8-18(21)22/h9-10,12,19H,3-8,11H2,1-2H3,(H,21,22). The summed E-state index contributed by atoms with van der Waals surface area (Å²) in [5, 5.41) is 12.1. The number of hydrogen-bond donors (Lipinski definition) is 2. The second-order valence-corrected chi connectivity index (χ2v) is 6.09. The van der Waals surface area contributed by atoms with Crippen LogP contribution in [0.2, 0.25) is 0 Å². The maximum Gasteiger partial charge on any atom is 0.303 e. The second-order valence-electron chi connectivity index (χ2n) is 6.09. The van der Waals surface area contributed by atoms with Gasteiger partial charge in [0.1, 0.15) is 11.9 Å². The third kappa shape index (κ3) is 4.71. The van der Waals surface area contributed by atoms with Crippen LogP contribution in [0.1, 0.15) is 61.9 Å². The molecule has 2 N–H and O–H groups in total. The lowest BCUT2D eigenvalue weighted by molar-refractivity contribution is -0.136. The first-order valence-electron chi connectivity index (χ1n) is 8.33. The van der Waals surface area contributed by atoms with Crippen LogP contribution in [0, 0.1) is 0 Å². The molecule has 0 fully saturated rings. The van der Waals surface area contributed by atoms with E-state index >= 15 is 0 Å². The number of carboxylic acids is 1. The Morgan fingerprint density at radius 2 is 2.09 bits per heavy atom. The molecule has 1 aliphatic rings. The first-order chi connectivity index (χ1) is 11.0. The first-order valence-corrected chi connectivity index (χ1v) is 8.33. The van der Waals surface area contributed by atoms with Crippen molar-refractivity contribution < 1.29 is 19.4 Å². The minimum Gasteiger partial charge on any atom is -0.487 e. The molecule has 1 aliphatic heterocycles. The summed E-state index contributed by atoms with van der Waals surface area (Å²) in [5.41, 5.74) is 2.41. The van der Waals surface area contributed by atoms with Gasteiger partial charge in [0.2, 0.25) is 0 Å². The molecule has 0 amide bonds. The fraction of sp³-hybridized carbons (Fsp3) is 0.556. The zero-order valence-corrected chi connectivity index (χ0v) is 13.9. The Bertz CT molecular complexity index is 583. The Balaban J connectivity index is 2.25. The predicted molar refractivity (Wildman–Crippen MR) is 89.5 cm³/mol. The predicted octanol–water partition coefficient (Wildman–Crippen LogP) is 3.66. The molecular weight excluding hydrogens is 294 g/mol. The Morgan fingerprint density at radius 3 is 2.78 bits per heavy atom. The summed E-state index contributed by atoms with van der Waals surface area (Å²) in [6.07, 6.45) is 4.04. The molecule has 5 heteroatoms. The van der Waals surface area contributed by atoms with E-state index in [9.17, 15) is 9.59 Å². The van der Waals surface area contributed by atoms with Crippen LogP contribution in [0.15, 0.2) is 12.1 Å². The van der Waals surface area contributed by atoms with E-state index in [2.05, 4.69) is 12.2 Å². The van der Waals surface area contributed by atoms with Gasteiger partial charge in [0, 0.05) is 12.0 Å². The molecule has 1 aromatic carbocycles. The highest BCUT2D eigenvalue weighted by Crippen LogP contribution is 2.33. The van der Waals surface area contributed by atoms with E-state index in [0.717, 1.165) is 42.7 Å². The molecule has 2 rings (SSSR count). The maximum atomic E-state index is 12.4. The van der Waals surface area contributed by atoms with Crippen LogP contribution in [0.4, 0.5) is 5.69 Å². The molecule has 1 unspecified atom stereocenters. The molecule has 0 spiro atoms. The van der Waals surface area contributed by atoms with Crippen LogP contribution < -0.4 is 10.1 Å². The summed E-state index contributed by atoms with van der Waals surface area (Å²) in [7, 11) is 0. The number of ether oxygens (including phenoxy) is 1. The quantitative estimate of drug-likeness (QED) is 0.565. The summed E-state index contributed by atoms with van der Waals surface area (Å²) in [6, 6.07) is 3.77. The highest BCUT2D eigenvalue weighted by atomic mass is 16.5. The molecule has 23 heavy (non-hydrogen) atoms. The Hall–Kier alpha value is -2.04. The zero-order valence-electron chi connectivity index (χ0n) is 13.9. The van der Waals surface area contributed by atoms with Gasteiger partial charge in [0.25, 0.3) is 0 Å². The van der Waals surface area contributed by atoms with Crippen molar-refractivity contribution in [2.45, 2.75) is 58.5 Å². The molecule has 0 saturated carbocycles. The molecule has 5 nitrogen and oxygen atoms in total. The number of rotatable bonds is 8. The number of aryl methyl sites for hydroxylation is 1. The van der Waals surface area contributed by atoms with Crippen LogP contribution >= 0.6 is 0 Å². The number of Topliss-reactive ketones (excluding diaryl/α,β-unsaturated/α-hetero) is 1. The van der Waals surface area contributed by atoms with Crippen LogP contribution in [0.25, 0.3) is 0 Å². The number of unbranched alkanes of at least 4 members (excludes halogenated alkanes) is 2. The highest BCUT2D eigenvalue weighted by molar-refractivity contribution is 6.00. The van der Waals surface area contributed by atoms with Gasteiger partial charge in [-0.3, -0.25) is 9.59 Å². The lowest BCUT2D eigenvalue weighted by Crippen LogP contribution is -2.28. The van der Waals surface area contributed by atoms with E-state index in [1.807, 2.05) is 19.1 Å². The van der Waals surface area contributed by atoms with Crippen molar-refractivity contribution in [2.75, 3.05) is 11.9 Å². The monoisotopic (exact) mass is 319 g/mol. The number of hydrogen-bond acceptors (Lipinski definition) is 4. The minimum absolute atomic E-state index is 0.0339. The molecular formula is C18H25NO4. The van der Waals surface area contributed by atoms with Gasteiger partial charge in [-0.2, -0.15) is 0 Å². The molecule has 0 saturated heterocycles. The van der Waals surface area contributed by atoms with Gasteiger partial charge in [-0.05, 0) is 37.5 Å². The van der Waals surface area contributed by atoms with Crippen molar-refractivity contribution in [3.05, 3.63) is 23.3 Å². The van der Waals surface area contributed by atoms with Gasteiger partial charge in [-0.15, -0.1) is 0 Å². The lowest BCUT2D eigenvalue weighted by Gasteiger charge is -2.26. The zero-order chi connectivity index (χ0) is 16.8. The normalized spacial score (nSPS) is 16.2.